The molecule has 5 rings (SSSR count). The highest BCUT2D eigenvalue weighted by Gasteiger charge is 2.25. The second-order valence-corrected chi connectivity index (χ2v) is 14.0. The zero-order valence-corrected chi connectivity index (χ0v) is 27.5. The molecule has 4 aromatic carbocycles. The fourth-order valence-corrected chi connectivity index (χ4v) is 7.40. The number of nitriles is 1. The van der Waals surface area contributed by atoms with Gasteiger partial charge in [0.15, 0.2) is 0 Å². The first-order chi connectivity index (χ1) is 21.2. The fraction of sp³-hybridized carbons (Fsp3) is 0.333. The highest BCUT2D eigenvalue weighted by molar-refractivity contribution is 7.83. The van der Waals surface area contributed by atoms with E-state index in [1.807, 2.05) is 61.6 Å². The predicted molar refractivity (Wildman–Crippen MR) is 182 cm³/mol. The highest BCUT2D eigenvalue weighted by Crippen LogP contribution is 2.33. The third-order valence-corrected chi connectivity index (χ3v) is 10.2. The molecule has 0 bridgehead atoms. The molecule has 0 N–H and O–H groups in total. The molecule has 0 spiro atoms. The molecule has 4 aromatic rings. The molecule has 1 aliphatic rings. The molecule has 0 saturated carbocycles. The van der Waals surface area contributed by atoms with Crippen molar-refractivity contribution in [2.45, 2.75) is 36.9 Å². The number of hydrogen-bond acceptors (Lipinski definition) is 4. The van der Waals surface area contributed by atoms with Crippen molar-refractivity contribution in [3.63, 3.8) is 0 Å². The van der Waals surface area contributed by atoms with E-state index in [9.17, 15) is 14.3 Å². The number of hydrogen-bond donors (Lipinski definition) is 0. The normalized spacial score (nSPS) is 15.5. The van der Waals surface area contributed by atoms with Crippen molar-refractivity contribution in [2.75, 3.05) is 39.5 Å². The second-order valence-electron chi connectivity index (χ2n) is 11.7. The van der Waals surface area contributed by atoms with Crippen LogP contribution in [0.2, 0.25) is 10.0 Å². The minimum Gasteiger partial charge on any atom is -0.341 e. The summed E-state index contributed by atoms with van der Waals surface area (Å²) in [6.07, 6.45) is 4.74. The number of fused-ring (bicyclic) bond motifs is 1. The topological polar surface area (TPSA) is 64.4 Å². The molecule has 2 atom stereocenters. The van der Waals surface area contributed by atoms with Crippen LogP contribution in [0.3, 0.4) is 0 Å². The Morgan fingerprint density at radius 2 is 1.75 bits per heavy atom. The van der Waals surface area contributed by atoms with Crippen molar-refractivity contribution in [3.05, 3.63) is 117 Å². The summed E-state index contributed by atoms with van der Waals surface area (Å²) >= 11 is 12.7. The van der Waals surface area contributed by atoms with Crippen molar-refractivity contribution < 1.29 is 9.00 Å². The maximum Gasteiger partial charge on any atom is 0.254 e. The molecule has 2 unspecified atom stereocenters. The van der Waals surface area contributed by atoms with Crippen LogP contribution in [0.5, 0.6) is 0 Å². The largest absolute Gasteiger partial charge is 0.341 e. The third kappa shape index (κ3) is 7.71. The number of amides is 1. The van der Waals surface area contributed by atoms with Crippen LogP contribution in [-0.4, -0.2) is 59.4 Å². The molecule has 1 amide bonds. The Kier molecular flexibility index (Phi) is 10.8. The number of likely N-dealkylation sites (N-methyl/N-ethyl adjacent to an activating group) is 1. The van der Waals surface area contributed by atoms with E-state index in [0.29, 0.717) is 39.4 Å². The van der Waals surface area contributed by atoms with Gasteiger partial charge in [-0.2, -0.15) is 5.26 Å². The quantitative estimate of drug-likeness (QED) is 0.175. The lowest BCUT2D eigenvalue weighted by Gasteiger charge is -2.34. The van der Waals surface area contributed by atoms with Crippen LogP contribution in [0.15, 0.2) is 78.9 Å². The van der Waals surface area contributed by atoms with E-state index in [0.717, 1.165) is 55.2 Å². The van der Waals surface area contributed by atoms with Gasteiger partial charge in [-0.25, -0.2) is 0 Å². The molecule has 0 aliphatic carbocycles. The van der Waals surface area contributed by atoms with Crippen LogP contribution in [-0.2, 0) is 16.6 Å². The molecule has 228 valence electrons. The van der Waals surface area contributed by atoms with Gasteiger partial charge in [0.2, 0.25) is 0 Å². The van der Waals surface area contributed by atoms with E-state index in [-0.39, 0.29) is 11.8 Å². The first-order valence-electron chi connectivity index (χ1n) is 15.0. The van der Waals surface area contributed by atoms with Crippen molar-refractivity contribution in [3.8, 4) is 6.07 Å². The average Bonchev–Trinajstić information content (AvgIpc) is 3.03. The zero-order valence-electron chi connectivity index (χ0n) is 25.1. The summed E-state index contributed by atoms with van der Waals surface area (Å²) in [5.74, 6) is 1.00. The van der Waals surface area contributed by atoms with Crippen molar-refractivity contribution in [1.82, 2.24) is 9.80 Å². The Morgan fingerprint density at radius 3 is 2.48 bits per heavy atom. The molecular weight excluding hydrogens is 609 g/mol. The van der Waals surface area contributed by atoms with Crippen LogP contribution in [0, 0.1) is 11.3 Å². The van der Waals surface area contributed by atoms with Gasteiger partial charge < -0.3 is 9.80 Å². The SMILES string of the molecule is CN(CC(CCN1CCC(c2ccccc2CS(C)=O)CC1)c1ccc(Cl)c(Cl)c1)C(=O)c1cc(C#N)cc2ccccc12. The molecule has 44 heavy (non-hydrogen) atoms. The first kappa shape index (κ1) is 32.2. The van der Waals surface area contributed by atoms with Crippen molar-refractivity contribution >= 4 is 50.7 Å². The molecule has 1 saturated heterocycles. The van der Waals surface area contributed by atoms with Gasteiger partial charge >= 0.3 is 0 Å². The molecule has 1 heterocycles. The maximum absolute atomic E-state index is 13.8. The Balaban J connectivity index is 1.30. The highest BCUT2D eigenvalue weighted by atomic mass is 35.5. The van der Waals surface area contributed by atoms with Gasteiger partial charge in [-0.1, -0.05) is 77.8 Å². The van der Waals surface area contributed by atoms with Gasteiger partial charge in [0.05, 0.1) is 21.7 Å². The van der Waals surface area contributed by atoms with Crippen molar-refractivity contribution in [2.24, 2.45) is 0 Å². The van der Waals surface area contributed by atoms with E-state index < -0.39 is 10.8 Å². The monoisotopic (exact) mass is 645 g/mol. The Morgan fingerprint density at radius 1 is 1.02 bits per heavy atom. The van der Waals surface area contributed by atoms with Crippen LogP contribution in [0.4, 0.5) is 0 Å². The maximum atomic E-state index is 13.8. The number of halogens is 2. The van der Waals surface area contributed by atoms with E-state index in [2.05, 4.69) is 29.2 Å². The summed E-state index contributed by atoms with van der Waals surface area (Å²) in [4.78, 5) is 18.1. The van der Waals surface area contributed by atoms with E-state index >= 15 is 0 Å². The smallest absolute Gasteiger partial charge is 0.254 e. The lowest BCUT2D eigenvalue weighted by molar-refractivity contribution is 0.0783. The summed E-state index contributed by atoms with van der Waals surface area (Å²) in [7, 11) is 0.958. The molecule has 8 heteroatoms. The number of likely N-dealkylation sites (tertiary alicyclic amines) is 1. The number of carbonyl (C=O) groups excluding carboxylic acids is 1. The van der Waals surface area contributed by atoms with Crippen LogP contribution in [0.1, 0.15) is 63.7 Å². The van der Waals surface area contributed by atoms with Crippen LogP contribution in [0.25, 0.3) is 10.8 Å². The molecule has 0 radical (unpaired) electrons. The molecule has 5 nitrogen and oxygen atoms in total. The van der Waals surface area contributed by atoms with Crippen molar-refractivity contribution in [1.29, 1.82) is 5.26 Å². The number of piperidine rings is 1. The molecule has 1 fully saturated rings. The van der Waals surface area contributed by atoms with Gasteiger partial charge in [0, 0.05) is 47.9 Å². The third-order valence-electron chi connectivity index (χ3n) is 8.71. The summed E-state index contributed by atoms with van der Waals surface area (Å²) in [5, 5.41) is 12.3. The number of carbonyl (C=O) groups is 1. The van der Waals surface area contributed by atoms with E-state index in [4.69, 9.17) is 23.2 Å². The average molecular weight is 647 g/mol. The summed E-state index contributed by atoms with van der Waals surface area (Å²) in [6.45, 7) is 3.38. The minimum atomic E-state index is -0.868. The molecule has 0 aromatic heterocycles. The first-order valence-corrected chi connectivity index (χ1v) is 17.4. The van der Waals surface area contributed by atoms with Gasteiger partial charge in [-0.15, -0.1) is 0 Å². The number of benzene rings is 4. The van der Waals surface area contributed by atoms with E-state index in [1.54, 1.807) is 17.2 Å². The Hall–Kier alpha value is -3.21. The Labute approximate surface area is 272 Å². The summed E-state index contributed by atoms with van der Waals surface area (Å²) in [5.41, 5.74) is 4.59. The van der Waals surface area contributed by atoms with E-state index in [1.165, 1.54) is 11.1 Å². The van der Waals surface area contributed by atoms with Crippen LogP contribution < -0.4 is 0 Å². The molecular formula is C36H37Cl2N3O2S. The van der Waals surface area contributed by atoms with Gasteiger partial charge in [0.25, 0.3) is 5.91 Å². The second kappa shape index (κ2) is 14.7. The zero-order chi connectivity index (χ0) is 31.2. The number of nitrogens with zero attached hydrogens (tertiary/aromatic N) is 3. The van der Waals surface area contributed by atoms with Gasteiger partial charge in [-0.3, -0.25) is 9.00 Å². The lowest BCUT2D eigenvalue weighted by Crippen LogP contribution is -2.36. The summed E-state index contributed by atoms with van der Waals surface area (Å²) in [6, 6.07) is 27.6. The standard InChI is InChI=1S/C36H37Cl2N3O2S/c1-40(36(42)33-20-25(22-39)19-28-7-3-6-10-32(28)33)23-29(27-11-12-34(37)35(38)21-27)15-18-41-16-13-26(14-17-41)31-9-5-4-8-30(31)24-44(2)43/h3-12,19-21,26,29H,13-18,23-24H2,1-2H3. The molecule has 1 aliphatic heterocycles. The lowest BCUT2D eigenvalue weighted by atomic mass is 9.86. The fourth-order valence-electron chi connectivity index (χ4n) is 6.39. The minimum absolute atomic E-state index is 0.0436. The Bertz CT molecular complexity index is 1710. The predicted octanol–water partition coefficient (Wildman–Crippen LogP) is 8.02. The van der Waals surface area contributed by atoms with Gasteiger partial charge in [-0.05, 0) is 96.5 Å². The number of rotatable bonds is 10. The van der Waals surface area contributed by atoms with Crippen LogP contribution >= 0.6 is 23.2 Å². The summed E-state index contributed by atoms with van der Waals surface area (Å²) < 4.78 is 11.9. The van der Waals surface area contributed by atoms with Gasteiger partial charge in [0.1, 0.15) is 0 Å².